The lowest BCUT2D eigenvalue weighted by molar-refractivity contribution is -0.119. The van der Waals surface area contributed by atoms with Crippen LogP contribution in [-0.2, 0) is 16.1 Å². The van der Waals surface area contributed by atoms with E-state index in [4.69, 9.17) is 19.7 Å². The van der Waals surface area contributed by atoms with Crippen molar-refractivity contribution in [1.82, 2.24) is 5.16 Å². The number of aryl methyl sites for hydroxylation is 2. The summed E-state index contributed by atoms with van der Waals surface area (Å²) in [6.45, 7) is 3.20. The maximum absolute atomic E-state index is 12.5. The second kappa shape index (κ2) is 9.23. The van der Waals surface area contributed by atoms with Gasteiger partial charge in [0.2, 0.25) is 0 Å². The van der Waals surface area contributed by atoms with Crippen LogP contribution in [0.4, 0.5) is 5.00 Å². The summed E-state index contributed by atoms with van der Waals surface area (Å²) in [5, 5.41) is 8.28. The number of thiophene rings is 1. The lowest BCUT2D eigenvalue weighted by Crippen LogP contribution is -2.22. The van der Waals surface area contributed by atoms with Crippen LogP contribution in [0.2, 0.25) is 0 Å². The minimum absolute atomic E-state index is 0.167. The molecular weight excluding hydrogens is 410 g/mol. The summed E-state index contributed by atoms with van der Waals surface area (Å²) in [4.78, 5) is 35.8. The molecule has 0 unspecified atom stereocenters. The van der Waals surface area contributed by atoms with Crippen molar-refractivity contribution in [1.29, 1.82) is 0 Å². The first-order chi connectivity index (χ1) is 14.4. The maximum Gasteiger partial charge on any atom is 0.342 e. The predicted octanol–water partition coefficient (Wildman–Crippen LogP) is 2.83. The fraction of sp³-hybridized carbons (Fsp3) is 0.200. The molecule has 0 saturated heterocycles. The van der Waals surface area contributed by atoms with Crippen molar-refractivity contribution < 1.29 is 28.4 Å². The standard InChI is InChI=1S/C20H19N3O6S/c1-11-15(12(2)29-23-11)9-27-16-6-4-3-5-13(16)20(26)28-10-17(24)22-19-14(18(21)25)7-8-30-19/h3-8H,9-10H2,1-2H3,(H2,21,25)(H,22,24). The zero-order chi connectivity index (χ0) is 21.7. The monoisotopic (exact) mass is 429 g/mol. The van der Waals surface area contributed by atoms with Gasteiger partial charge in [-0.05, 0) is 37.4 Å². The first-order valence-electron chi connectivity index (χ1n) is 8.84. The summed E-state index contributed by atoms with van der Waals surface area (Å²) in [7, 11) is 0. The van der Waals surface area contributed by atoms with Crippen LogP contribution >= 0.6 is 11.3 Å². The van der Waals surface area contributed by atoms with E-state index in [1.54, 1.807) is 37.4 Å². The largest absolute Gasteiger partial charge is 0.488 e. The average Bonchev–Trinajstić information content (AvgIpc) is 3.31. The summed E-state index contributed by atoms with van der Waals surface area (Å²) in [5.41, 5.74) is 7.10. The van der Waals surface area contributed by atoms with Crippen LogP contribution in [0.3, 0.4) is 0 Å². The smallest absolute Gasteiger partial charge is 0.342 e. The van der Waals surface area contributed by atoms with Crippen molar-refractivity contribution in [3.63, 3.8) is 0 Å². The Bertz CT molecular complexity index is 1070. The number of hydrogen-bond acceptors (Lipinski definition) is 8. The Balaban J connectivity index is 1.61. The van der Waals surface area contributed by atoms with E-state index >= 15 is 0 Å². The van der Waals surface area contributed by atoms with E-state index in [-0.39, 0.29) is 17.7 Å². The number of esters is 1. The van der Waals surface area contributed by atoms with Gasteiger partial charge < -0.3 is 25.0 Å². The summed E-state index contributed by atoms with van der Waals surface area (Å²) in [6, 6.07) is 8.03. The number of benzene rings is 1. The lowest BCUT2D eigenvalue weighted by atomic mass is 10.2. The molecule has 0 aliphatic rings. The van der Waals surface area contributed by atoms with Crippen molar-refractivity contribution in [3.8, 4) is 5.75 Å². The van der Waals surface area contributed by atoms with Gasteiger partial charge in [0.05, 0.1) is 16.8 Å². The molecule has 3 rings (SSSR count). The van der Waals surface area contributed by atoms with Gasteiger partial charge in [-0.2, -0.15) is 0 Å². The molecule has 1 aromatic carbocycles. The van der Waals surface area contributed by atoms with E-state index < -0.39 is 24.4 Å². The zero-order valence-corrected chi connectivity index (χ0v) is 17.1. The lowest BCUT2D eigenvalue weighted by Gasteiger charge is -2.11. The van der Waals surface area contributed by atoms with Crippen LogP contribution in [0.15, 0.2) is 40.2 Å². The van der Waals surface area contributed by atoms with E-state index in [1.165, 1.54) is 12.1 Å². The molecule has 0 radical (unpaired) electrons. The zero-order valence-electron chi connectivity index (χ0n) is 16.3. The summed E-state index contributed by atoms with van der Waals surface area (Å²) < 4.78 is 15.9. The summed E-state index contributed by atoms with van der Waals surface area (Å²) in [6.07, 6.45) is 0. The van der Waals surface area contributed by atoms with Crippen molar-refractivity contribution >= 4 is 34.1 Å². The normalized spacial score (nSPS) is 10.5. The number of para-hydroxylation sites is 1. The van der Waals surface area contributed by atoms with Crippen LogP contribution in [0.5, 0.6) is 5.75 Å². The van der Waals surface area contributed by atoms with Crippen LogP contribution in [-0.4, -0.2) is 29.5 Å². The highest BCUT2D eigenvalue weighted by Gasteiger charge is 2.18. The number of carbonyl (C=O) groups is 3. The summed E-state index contributed by atoms with van der Waals surface area (Å²) in [5.74, 6) is -1.04. The molecule has 0 saturated carbocycles. The van der Waals surface area contributed by atoms with Gasteiger partial charge in [0, 0.05) is 0 Å². The van der Waals surface area contributed by atoms with Crippen molar-refractivity contribution in [2.75, 3.05) is 11.9 Å². The molecule has 0 fully saturated rings. The van der Waals surface area contributed by atoms with Gasteiger partial charge in [-0.25, -0.2) is 4.79 Å². The number of hydrogen-bond donors (Lipinski definition) is 2. The molecule has 2 heterocycles. The number of aromatic nitrogens is 1. The van der Waals surface area contributed by atoms with Gasteiger partial charge in [-0.1, -0.05) is 17.3 Å². The van der Waals surface area contributed by atoms with Crippen LogP contribution in [0, 0.1) is 13.8 Å². The minimum atomic E-state index is -0.721. The van der Waals surface area contributed by atoms with Gasteiger partial charge in [0.15, 0.2) is 6.61 Å². The van der Waals surface area contributed by atoms with Gasteiger partial charge in [0.1, 0.15) is 28.7 Å². The van der Waals surface area contributed by atoms with Crippen molar-refractivity contribution in [2.24, 2.45) is 5.73 Å². The summed E-state index contributed by atoms with van der Waals surface area (Å²) >= 11 is 1.14. The van der Waals surface area contributed by atoms with Gasteiger partial charge in [0.25, 0.3) is 11.8 Å². The number of nitrogens with zero attached hydrogens (tertiary/aromatic N) is 1. The Kier molecular flexibility index (Phi) is 6.48. The molecule has 0 aliphatic heterocycles. The SMILES string of the molecule is Cc1noc(C)c1COc1ccccc1C(=O)OCC(=O)Nc1sccc1C(N)=O. The highest BCUT2D eigenvalue weighted by atomic mass is 32.1. The average molecular weight is 429 g/mol. The van der Waals surface area contributed by atoms with E-state index in [2.05, 4.69) is 10.5 Å². The first-order valence-corrected chi connectivity index (χ1v) is 9.72. The number of nitrogens with two attached hydrogens (primary N) is 1. The quantitative estimate of drug-likeness (QED) is 0.526. The van der Waals surface area contributed by atoms with E-state index in [0.29, 0.717) is 22.2 Å². The molecule has 0 bridgehead atoms. The van der Waals surface area contributed by atoms with Crippen molar-refractivity contribution in [3.05, 3.63) is 63.9 Å². The third kappa shape index (κ3) is 4.84. The number of ether oxygens (including phenoxy) is 2. The highest BCUT2D eigenvalue weighted by molar-refractivity contribution is 7.14. The first kappa shape index (κ1) is 21.1. The maximum atomic E-state index is 12.5. The molecule has 0 atom stereocenters. The van der Waals surface area contributed by atoms with Gasteiger partial charge in [-0.3, -0.25) is 9.59 Å². The number of carbonyl (C=O) groups excluding carboxylic acids is 3. The molecule has 9 nitrogen and oxygen atoms in total. The number of primary amides is 1. The number of rotatable bonds is 8. The van der Waals surface area contributed by atoms with Gasteiger partial charge in [-0.15, -0.1) is 11.3 Å². The highest BCUT2D eigenvalue weighted by Crippen LogP contribution is 2.24. The molecule has 3 aromatic rings. The second-order valence-corrected chi connectivity index (χ2v) is 7.16. The molecule has 2 aromatic heterocycles. The fourth-order valence-electron chi connectivity index (χ4n) is 2.59. The Hall–Kier alpha value is -3.66. The molecule has 0 spiro atoms. The topological polar surface area (TPSA) is 134 Å². The molecule has 2 amide bonds. The van der Waals surface area contributed by atoms with E-state index in [1.807, 2.05) is 0 Å². The van der Waals surface area contributed by atoms with Crippen molar-refractivity contribution in [2.45, 2.75) is 20.5 Å². The Labute approximate surface area is 175 Å². The Morgan fingerprint density at radius 3 is 2.63 bits per heavy atom. The Morgan fingerprint density at radius 2 is 1.93 bits per heavy atom. The fourth-order valence-corrected chi connectivity index (χ4v) is 3.40. The van der Waals surface area contributed by atoms with Gasteiger partial charge >= 0.3 is 5.97 Å². The molecule has 30 heavy (non-hydrogen) atoms. The Morgan fingerprint density at radius 1 is 1.17 bits per heavy atom. The molecule has 3 N–H and O–H groups in total. The molecular formula is C20H19N3O6S. The molecule has 10 heteroatoms. The number of anilines is 1. The van der Waals surface area contributed by atoms with Crippen LogP contribution in [0.1, 0.15) is 37.7 Å². The van der Waals surface area contributed by atoms with E-state index in [9.17, 15) is 14.4 Å². The predicted molar refractivity (Wildman–Crippen MR) is 109 cm³/mol. The van der Waals surface area contributed by atoms with E-state index in [0.717, 1.165) is 16.9 Å². The molecule has 0 aliphatic carbocycles. The minimum Gasteiger partial charge on any atom is -0.488 e. The van der Waals surface area contributed by atoms with Crippen LogP contribution < -0.4 is 15.8 Å². The third-order valence-electron chi connectivity index (χ3n) is 4.18. The third-order valence-corrected chi connectivity index (χ3v) is 5.01. The number of nitrogens with one attached hydrogen (secondary N) is 1. The molecule has 156 valence electrons. The second-order valence-electron chi connectivity index (χ2n) is 6.24. The number of amides is 2. The van der Waals surface area contributed by atoms with Crippen LogP contribution in [0.25, 0.3) is 0 Å².